The second-order valence-electron chi connectivity index (χ2n) is 5.43. The molecule has 0 aliphatic rings. The average molecular weight is 331 g/mol. The number of hydrogen-bond donors (Lipinski definition) is 1. The molecule has 1 aromatic heterocycles. The Morgan fingerprint density at radius 2 is 1.87 bits per heavy atom. The molecule has 122 valence electrons. The minimum atomic E-state index is -0.335. The molecule has 0 fully saturated rings. The topological polar surface area (TPSA) is 55.4 Å². The van der Waals surface area contributed by atoms with Gasteiger partial charge in [-0.1, -0.05) is 43.3 Å². The number of rotatable bonds is 7. The van der Waals surface area contributed by atoms with Gasteiger partial charge in [0.1, 0.15) is 0 Å². The standard InChI is InChI=1S/C18H21NO3S/c1-13(14-7-4-3-5-8-14)11-17(20)19-15(12-18(21)22-2)16-9-6-10-23-16/h3-10,13,15H,11-12H2,1-2H3,(H,19,20)/t13-,15-/m1/s1. The van der Waals surface area contributed by atoms with Crippen LogP contribution in [-0.4, -0.2) is 19.0 Å². The number of carbonyl (C=O) groups excluding carboxylic acids is 2. The van der Waals surface area contributed by atoms with Crippen molar-refractivity contribution in [2.45, 2.75) is 31.7 Å². The van der Waals surface area contributed by atoms with Crippen LogP contribution < -0.4 is 5.32 Å². The normalized spacial score (nSPS) is 13.1. The van der Waals surface area contributed by atoms with Crippen molar-refractivity contribution in [3.8, 4) is 0 Å². The number of amides is 1. The molecule has 23 heavy (non-hydrogen) atoms. The summed E-state index contributed by atoms with van der Waals surface area (Å²) in [6, 6.07) is 13.4. The van der Waals surface area contributed by atoms with Gasteiger partial charge in [-0.05, 0) is 22.9 Å². The Bertz CT molecular complexity index is 625. The molecule has 5 heteroatoms. The number of nitrogens with one attached hydrogen (secondary N) is 1. The molecule has 2 atom stereocenters. The maximum atomic E-state index is 12.3. The fraction of sp³-hybridized carbons (Fsp3) is 0.333. The molecule has 2 rings (SSSR count). The molecular formula is C18H21NO3S. The molecule has 2 aromatic rings. The molecule has 0 spiro atoms. The Hall–Kier alpha value is -2.14. The molecule has 1 aromatic carbocycles. The van der Waals surface area contributed by atoms with Crippen molar-refractivity contribution in [2.24, 2.45) is 0 Å². The zero-order valence-corrected chi connectivity index (χ0v) is 14.1. The lowest BCUT2D eigenvalue weighted by molar-refractivity contribution is -0.141. The van der Waals surface area contributed by atoms with Gasteiger partial charge in [0.25, 0.3) is 0 Å². The van der Waals surface area contributed by atoms with E-state index in [0.29, 0.717) is 6.42 Å². The molecule has 0 saturated heterocycles. The monoisotopic (exact) mass is 331 g/mol. The number of methoxy groups -OCH3 is 1. The highest BCUT2D eigenvalue weighted by molar-refractivity contribution is 7.10. The highest BCUT2D eigenvalue weighted by atomic mass is 32.1. The van der Waals surface area contributed by atoms with E-state index in [9.17, 15) is 9.59 Å². The van der Waals surface area contributed by atoms with Crippen LogP contribution in [0, 0.1) is 0 Å². The van der Waals surface area contributed by atoms with Gasteiger partial charge in [-0.3, -0.25) is 9.59 Å². The van der Waals surface area contributed by atoms with Crippen molar-refractivity contribution in [3.63, 3.8) is 0 Å². The third-order valence-corrected chi connectivity index (χ3v) is 4.67. The Morgan fingerprint density at radius 3 is 2.48 bits per heavy atom. The molecule has 0 saturated carbocycles. The molecule has 0 unspecified atom stereocenters. The van der Waals surface area contributed by atoms with E-state index in [1.54, 1.807) is 0 Å². The van der Waals surface area contributed by atoms with Crippen LogP contribution in [0.5, 0.6) is 0 Å². The molecule has 0 bridgehead atoms. The van der Waals surface area contributed by atoms with Crippen LogP contribution in [0.25, 0.3) is 0 Å². The summed E-state index contributed by atoms with van der Waals surface area (Å²) in [7, 11) is 1.35. The lowest BCUT2D eigenvalue weighted by Crippen LogP contribution is -2.30. The fourth-order valence-corrected chi connectivity index (χ4v) is 3.17. The van der Waals surface area contributed by atoms with E-state index < -0.39 is 0 Å². The van der Waals surface area contributed by atoms with Crippen LogP contribution in [0.15, 0.2) is 47.8 Å². The second kappa shape index (κ2) is 8.48. The van der Waals surface area contributed by atoms with Crippen molar-refractivity contribution in [3.05, 3.63) is 58.3 Å². The zero-order valence-electron chi connectivity index (χ0n) is 13.3. The summed E-state index contributed by atoms with van der Waals surface area (Å²) in [5, 5.41) is 4.88. The van der Waals surface area contributed by atoms with Crippen LogP contribution >= 0.6 is 11.3 Å². The summed E-state index contributed by atoms with van der Waals surface area (Å²) in [5.74, 6) is -0.276. The molecule has 1 amide bonds. The Balaban J connectivity index is 1.98. The third-order valence-electron chi connectivity index (χ3n) is 3.68. The number of thiophene rings is 1. The zero-order chi connectivity index (χ0) is 16.7. The van der Waals surface area contributed by atoms with Crippen LogP contribution in [0.4, 0.5) is 0 Å². The summed E-state index contributed by atoms with van der Waals surface area (Å²) in [6.07, 6.45) is 0.523. The number of ether oxygens (including phenoxy) is 1. The van der Waals surface area contributed by atoms with Gasteiger partial charge in [0.15, 0.2) is 0 Å². The SMILES string of the molecule is COC(=O)C[C@@H](NC(=O)C[C@@H](C)c1ccccc1)c1cccs1. The molecule has 4 nitrogen and oxygen atoms in total. The summed E-state index contributed by atoms with van der Waals surface area (Å²) in [4.78, 5) is 24.9. The lowest BCUT2D eigenvalue weighted by atomic mass is 9.97. The fourth-order valence-electron chi connectivity index (χ4n) is 2.39. The predicted molar refractivity (Wildman–Crippen MR) is 91.3 cm³/mol. The Kier molecular flexibility index (Phi) is 6.35. The quantitative estimate of drug-likeness (QED) is 0.788. The van der Waals surface area contributed by atoms with Crippen molar-refractivity contribution in [1.29, 1.82) is 0 Å². The molecule has 0 radical (unpaired) electrons. The summed E-state index contributed by atoms with van der Waals surface area (Å²) < 4.78 is 4.73. The van der Waals surface area contributed by atoms with Crippen LogP contribution in [0.3, 0.4) is 0 Å². The van der Waals surface area contributed by atoms with Crippen molar-refractivity contribution < 1.29 is 14.3 Å². The molecule has 0 aliphatic carbocycles. The van der Waals surface area contributed by atoms with Gasteiger partial charge in [-0.15, -0.1) is 11.3 Å². The minimum absolute atomic E-state index is 0.0661. The molecule has 1 heterocycles. The summed E-state index contributed by atoms with van der Waals surface area (Å²) in [5.41, 5.74) is 1.13. The van der Waals surface area contributed by atoms with E-state index in [4.69, 9.17) is 4.74 Å². The van der Waals surface area contributed by atoms with Crippen molar-refractivity contribution >= 4 is 23.2 Å². The second-order valence-corrected chi connectivity index (χ2v) is 6.41. The molecular weight excluding hydrogens is 310 g/mol. The van der Waals surface area contributed by atoms with Gasteiger partial charge in [0.05, 0.1) is 19.6 Å². The first-order chi connectivity index (χ1) is 11.1. The average Bonchev–Trinajstić information content (AvgIpc) is 3.09. The first-order valence-electron chi connectivity index (χ1n) is 7.54. The minimum Gasteiger partial charge on any atom is -0.469 e. The highest BCUT2D eigenvalue weighted by Gasteiger charge is 2.21. The first-order valence-corrected chi connectivity index (χ1v) is 8.42. The molecule has 1 N–H and O–H groups in total. The molecule has 0 aliphatic heterocycles. The first kappa shape index (κ1) is 17.2. The lowest BCUT2D eigenvalue weighted by Gasteiger charge is -2.18. The van der Waals surface area contributed by atoms with E-state index >= 15 is 0 Å². The van der Waals surface area contributed by atoms with Gasteiger partial charge in [-0.25, -0.2) is 0 Å². The van der Waals surface area contributed by atoms with Gasteiger partial charge in [0, 0.05) is 11.3 Å². The highest BCUT2D eigenvalue weighted by Crippen LogP contribution is 2.24. The number of esters is 1. The smallest absolute Gasteiger partial charge is 0.307 e. The summed E-state index contributed by atoms with van der Waals surface area (Å²) in [6.45, 7) is 2.02. The van der Waals surface area contributed by atoms with Gasteiger partial charge in [-0.2, -0.15) is 0 Å². The van der Waals surface area contributed by atoms with E-state index in [1.807, 2.05) is 54.8 Å². The number of hydrogen-bond acceptors (Lipinski definition) is 4. The van der Waals surface area contributed by atoms with Crippen LogP contribution in [0.1, 0.15) is 42.2 Å². The van der Waals surface area contributed by atoms with Gasteiger partial charge < -0.3 is 10.1 Å². The Morgan fingerprint density at radius 1 is 1.13 bits per heavy atom. The number of carbonyl (C=O) groups is 2. The van der Waals surface area contributed by atoms with E-state index in [-0.39, 0.29) is 30.3 Å². The van der Waals surface area contributed by atoms with Gasteiger partial charge in [0.2, 0.25) is 5.91 Å². The predicted octanol–water partition coefficient (Wildman–Crippen LogP) is 3.66. The van der Waals surface area contributed by atoms with Crippen LogP contribution in [0.2, 0.25) is 0 Å². The summed E-state index contributed by atoms with van der Waals surface area (Å²) >= 11 is 1.52. The largest absolute Gasteiger partial charge is 0.469 e. The number of benzene rings is 1. The van der Waals surface area contributed by atoms with Gasteiger partial charge >= 0.3 is 5.97 Å². The maximum Gasteiger partial charge on any atom is 0.307 e. The van der Waals surface area contributed by atoms with E-state index in [1.165, 1.54) is 18.4 Å². The third kappa shape index (κ3) is 5.21. The Labute approximate surface area is 140 Å². The van der Waals surface area contributed by atoms with Crippen molar-refractivity contribution in [1.82, 2.24) is 5.32 Å². The maximum absolute atomic E-state index is 12.3. The van der Waals surface area contributed by atoms with E-state index in [2.05, 4.69) is 5.32 Å². The van der Waals surface area contributed by atoms with Crippen molar-refractivity contribution in [2.75, 3.05) is 7.11 Å². The van der Waals surface area contributed by atoms with Crippen LogP contribution in [-0.2, 0) is 14.3 Å². The van der Waals surface area contributed by atoms with E-state index in [0.717, 1.165) is 10.4 Å².